The molecule has 0 radical (unpaired) electrons. The molecule has 1 aliphatic carbocycles. The van der Waals surface area contributed by atoms with Gasteiger partial charge in [-0.25, -0.2) is 0 Å². The summed E-state index contributed by atoms with van der Waals surface area (Å²) in [6.07, 6.45) is 3.53. The summed E-state index contributed by atoms with van der Waals surface area (Å²) in [7, 11) is 1.64. The zero-order chi connectivity index (χ0) is 16.4. The van der Waals surface area contributed by atoms with E-state index in [-0.39, 0.29) is 6.61 Å². The van der Waals surface area contributed by atoms with Crippen LogP contribution in [0.4, 0.5) is 0 Å². The van der Waals surface area contributed by atoms with E-state index in [0.29, 0.717) is 11.8 Å². The van der Waals surface area contributed by atoms with Gasteiger partial charge in [0.05, 0.1) is 7.11 Å². The number of nitrogens with zero attached hydrogens (tertiary/aromatic N) is 2. The van der Waals surface area contributed by atoms with Crippen molar-refractivity contribution in [3.8, 4) is 23.0 Å². The van der Waals surface area contributed by atoms with Crippen LogP contribution in [-0.2, 0) is 19.4 Å². The second-order valence-electron chi connectivity index (χ2n) is 5.80. The van der Waals surface area contributed by atoms with Crippen LogP contribution in [0.3, 0.4) is 0 Å². The molecule has 2 aromatic carbocycles. The minimum atomic E-state index is 0.266. The van der Waals surface area contributed by atoms with Crippen LogP contribution in [0.5, 0.6) is 11.5 Å². The molecule has 0 amide bonds. The summed E-state index contributed by atoms with van der Waals surface area (Å²) in [5, 5.41) is 8.12. The molecule has 1 heterocycles. The molecule has 122 valence electrons. The van der Waals surface area contributed by atoms with Crippen molar-refractivity contribution in [2.24, 2.45) is 0 Å². The molecule has 0 saturated carbocycles. The van der Waals surface area contributed by atoms with E-state index in [1.54, 1.807) is 7.11 Å². The standard InChI is InChI=1S/C19H18N2O3/c1-22-16-8-6-14(7-9-16)19-21-20-18(24-19)12-23-17-10-5-13-3-2-4-15(13)11-17/h5-11H,2-4,12H2,1H3. The number of hydrogen-bond donors (Lipinski definition) is 0. The lowest BCUT2D eigenvalue weighted by atomic mass is 10.1. The van der Waals surface area contributed by atoms with Gasteiger partial charge in [-0.2, -0.15) is 0 Å². The lowest BCUT2D eigenvalue weighted by Gasteiger charge is -2.05. The van der Waals surface area contributed by atoms with Crippen molar-refractivity contribution in [2.45, 2.75) is 25.9 Å². The molecule has 4 rings (SSSR count). The van der Waals surface area contributed by atoms with E-state index in [9.17, 15) is 0 Å². The molecule has 0 saturated heterocycles. The number of aryl methyl sites for hydroxylation is 2. The third-order valence-corrected chi connectivity index (χ3v) is 4.24. The molecule has 1 aliphatic rings. The van der Waals surface area contributed by atoms with E-state index < -0.39 is 0 Å². The maximum absolute atomic E-state index is 5.79. The van der Waals surface area contributed by atoms with Gasteiger partial charge >= 0.3 is 0 Å². The number of rotatable bonds is 5. The lowest BCUT2D eigenvalue weighted by molar-refractivity contribution is 0.264. The molecular formula is C19H18N2O3. The molecule has 0 atom stereocenters. The van der Waals surface area contributed by atoms with Gasteiger partial charge in [-0.3, -0.25) is 0 Å². The third-order valence-electron chi connectivity index (χ3n) is 4.24. The van der Waals surface area contributed by atoms with Crippen LogP contribution >= 0.6 is 0 Å². The average molecular weight is 322 g/mol. The van der Waals surface area contributed by atoms with Crippen LogP contribution in [0.25, 0.3) is 11.5 Å². The Morgan fingerprint density at radius 1 is 0.958 bits per heavy atom. The van der Waals surface area contributed by atoms with Gasteiger partial charge in [-0.1, -0.05) is 6.07 Å². The van der Waals surface area contributed by atoms with E-state index in [2.05, 4.69) is 22.3 Å². The van der Waals surface area contributed by atoms with Crippen LogP contribution in [0.15, 0.2) is 46.9 Å². The Kier molecular flexibility index (Phi) is 3.91. The van der Waals surface area contributed by atoms with Crippen molar-refractivity contribution in [1.29, 1.82) is 0 Å². The topological polar surface area (TPSA) is 57.4 Å². The fraction of sp³-hybridized carbons (Fsp3) is 0.263. The SMILES string of the molecule is COc1ccc(-c2nnc(COc3ccc4c(c3)CCC4)o2)cc1. The second kappa shape index (κ2) is 6.35. The monoisotopic (exact) mass is 322 g/mol. The van der Waals surface area contributed by atoms with Crippen LogP contribution in [0.2, 0.25) is 0 Å². The van der Waals surface area contributed by atoms with Crippen LogP contribution < -0.4 is 9.47 Å². The normalized spacial score (nSPS) is 12.9. The summed E-state index contributed by atoms with van der Waals surface area (Å²) in [6.45, 7) is 0.266. The van der Waals surface area contributed by atoms with Gasteiger partial charge in [0.2, 0.25) is 5.89 Å². The first-order valence-corrected chi connectivity index (χ1v) is 8.03. The number of benzene rings is 2. The van der Waals surface area contributed by atoms with E-state index in [0.717, 1.165) is 23.5 Å². The van der Waals surface area contributed by atoms with Crippen LogP contribution in [-0.4, -0.2) is 17.3 Å². The Hall–Kier alpha value is -2.82. The van der Waals surface area contributed by atoms with Crippen LogP contribution in [0, 0.1) is 0 Å². The quantitative estimate of drug-likeness (QED) is 0.715. The van der Waals surface area contributed by atoms with Crippen molar-refractivity contribution in [1.82, 2.24) is 10.2 Å². The van der Waals surface area contributed by atoms with Crippen molar-refractivity contribution in [3.63, 3.8) is 0 Å². The van der Waals surface area contributed by atoms with Gasteiger partial charge < -0.3 is 13.9 Å². The smallest absolute Gasteiger partial charge is 0.254 e. The first kappa shape index (κ1) is 14.8. The van der Waals surface area contributed by atoms with Crippen molar-refractivity contribution in [3.05, 3.63) is 59.5 Å². The fourth-order valence-electron chi connectivity index (χ4n) is 2.95. The number of hydrogen-bond acceptors (Lipinski definition) is 5. The minimum absolute atomic E-state index is 0.266. The Morgan fingerprint density at radius 2 is 1.75 bits per heavy atom. The molecular weight excluding hydrogens is 304 g/mol. The first-order valence-electron chi connectivity index (χ1n) is 8.03. The van der Waals surface area contributed by atoms with Crippen LogP contribution in [0.1, 0.15) is 23.4 Å². The predicted molar refractivity (Wildman–Crippen MR) is 89.1 cm³/mol. The molecule has 5 nitrogen and oxygen atoms in total. The Labute approximate surface area is 140 Å². The number of aromatic nitrogens is 2. The fourth-order valence-corrected chi connectivity index (χ4v) is 2.95. The molecule has 24 heavy (non-hydrogen) atoms. The summed E-state index contributed by atoms with van der Waals surface area (Å²) < 4.78 is 16.6. The molecule has 3 aromatic rings. The molecule has 0 spiro atoms. The van der Waals surface area contributed by atoms with Crippen molar-refractivity contribution >= 4 is 0 Å². The van der Waals surface area contributed by atoms with E-state index >= 15 is 0 Å². The Morgan fingerprint density at radius 3 is 2.58 bits per heavy atom. The summed E-state index contributed by atoms with van der Waals surface area (Å²) in [5.41, 5.74) is 3.67. The molecule has 0 bridgehead atoms. The number of fused-ring (bicyclic) bond motifs is 1. The zero-order valence-corrected chi connectivity index (χ0v) is 13.5. The van der Waals surface area contributed by atoms with E-state index in [1.807, 2.05) is 30.3 Å². The molecule has 0 fully saturated rings. The Balaban J connectivity index is 1.43. The Bertz CT molecular complexity index is 840. The summed E-state index contributed by atoms with van der Waals surface area (Å²) in [4.78, 5) is 0. The highest BCUT2D eigenvalue weighted by molar-refractivity contribution is 5.53. The first-order chi connectivity index (χ1) is 11.8. The predicted octanol–water partition coefficient (Wildman–Crippen LogP) is 3.81. The van der Waals surface area contributed by atoms with E-state index in [4.69, 9.17) is 13.9 Å². The summed E-state index contributed by atoms with van der Waals surface area (Å²) in [6, 6.07) is 13.8. The molecule has 1 aromatic heterocycles. The minimum Gasteiger partial charge on any atom is -0.497 e. The maximum Gasteiger partial charge on any atom is 0.254 e. The van der Waals surface area contributed by atoms with Gasteiger partial charge in [0.15, 0.2) is 6.61 Å². The van der Waals surface area contributed by atoms with Gasteiger partial charge in [0, 0.05) is 5.56 Å². The van der Waals surface area contributed by atoms with Crippen molar-refractivity contribution in [2.75, 3.05) is 7.11 Å². The highest BCUT2D eigenvalue weighted by atomic mass is 16.5. The molecule has 0 unspecified atom stereocenters. The second-order valence-corrected chi connectivity index (χ2v) is 5.80. The third kappa shape index (κ3) is 2.97. The highest BCUT2D eigenvalue weighted by Crippen LogP contribution is 2.27. The van der Waals surface area contributed by atoms with Gasteiger partial charge in [-0.15, -0.1) is 10.2 Å². The lowest BCUT2D eigenvalue weighted by Crippen LogP contribution is -1.96. The van der Waals surface area contributed by atoms with Gasteiger partial charge in [-0.05, 0) is 66.8 Å². The highest BCUT2D eigenvalue weighted by Gasteiger charge is 2.13. The maximum atomic E-state index is 5.79. The number of ether oxygens (including phenoxy) is 2. The van der Waals surface area contributed by atoms with E-state index in [1.165, 1.54) is 24.0 Å². The molecule has 0 N–H and O–H groups in total. The summed E-state index contributed by atoms with van der Waals surface area (Å²) in [5.74, 6) is 2.57. The van der Waals surface area contributed by atoms with Gasteiger partial charge in [0.25, 0.3) is 5.89 Å². The zero-order valence-electron chi connectivity index (χ0n) is 13.5. The molecule has 5 heteroatoms. The van der Waals surface area contributed by atoms with Gasteiger partial charge in [0.1, 0.15) is 11.5 Å². The average Bonchev–Trinajstić information content (AvgIpc) is 3.29. The molecule has 0 aliphatic heterocycles. The summed E-state index contributed by atoms with van der Waals surface area (Å²) >= 11 is 0. The number of methoxy groups -OCH3 is 1. The van der Waals surface area contributed by atoms with Crippen molar-refractivity contribution < 1.29 is 13.9 Å². The largest absolute Gasteiger partial charge is 0.497 e.